The molecule has 3 rings (SSSR count). The fourth-order valence-electron chi connectivity index (χ4n) is 3.01. The summed E-state index contributed by atoms with van der Waals surface area (Å²) in [6.07, 6.45) is 8.04. The molecule has 0 atom stereocenters. The average Bonchev–Trinajstić information content (AvgIpc) is 3.00. The molecule has 0 spiro atoms. The highest BCUT2D eigenvalue weighted by atomic mass is 15.4. The molecular formula is C18H24N6. The maximum atomic E-state index is 5.96. The van der Waals surface area contributed by atoms with E-state index in [-0.39, 0.29) is 0 Å². The van der Waals surface area contributed by atoms with Crippen LogP contribution in [-0.4, -0.2) is 32.9 Å². The van der Waals surface area contributed by atoms with Gasteiger partial charge in [-0.1, -0.05) is 30.0 Å². The first-order chi connectivity index (χ1) is 11.7. The van der Waals surface area contributed by atoms with Crippen LogP contribution in [0.5, 0.6) is 0 Å². The Kier molecular flexibility index (Phi) is 5.05. The van der Waals surface area contributed by atoms with E-state index in [0.717, 1.165) is 36.7 Å². The van der Waals surface area contributed by atoms with Gasteiger partial charge in [0.25, 0.3) is 0 Å². The van der Waals surface area contributed by atoms with E-state index < -0.39 is 0 Å². The van der Waals surface area contributed by atoms with E-state index in [2.05, 4.69) is 27.2 Å². The van der Waals surface area contributed by atoms with E-state index in [4.69, 9.17) is 5.73 Å². The Morgan fingerprint density at radius 2 is 2.08 bits per heavy atom. The standard InChI is InChI=1S/C18H24N6/c1-3-6-18(24-17-8-5-4-7-16(17)22-23-24)21-13(2)20-15-11-9-14(19)10-12-15/h3-8,14-15,20H,2,9-12,19H2,1H3/b6-3-,21-18+. The van der Waals surface area contributed by atoms with Gasteiger partial charge in [0.05, 0.1) is 5.52 Å². The summed E-state index contributed by atoms with van der Waals surface area (Å²) in [5.41, 5.74) is 7.72. The maximum Gasteiger partial charge on any atom is 0.157 e. The normalized spacial score (nSPS) is 22.2. The first kappa shape index (κ1) is 16.4. The van der Waals surface area contributed by atoms with Crippen molar-refractivity contribution >= 4 is 16.9 Å². The number of hydrogen-bond acceptors (Lipinski definition) is 5. The second-order valence-corrected chi connectivity index (χ2v) is 6.16. The van der Waals surface area contributed by atoms with Gasteiger partial charge in [0.2, 0.25) is 0 Å². The van der Waals surface area contributed by atoms with E-state index in [1.807, 2.05) is 43.3 Å². The van der Waals surface area contributed by atoms with Crippen molar-refractivity contribution in [2.45, 2.75) is 44.7 Å². The predicted molar refractivity (Wildman–Crippen MR) is 97.7 cm³/mol. The lowest BCUT2D eigenvalue weighted by molar-refractivity contribution is 0.360. The van der Waals surface area contributed by atoms with Gasteiger partial charge in [-0.05, 0) is 50.8 Å². The van der Waals surface area contributed by atoms with Crippen molar-refractivity contribution < 1.29 is 0 Å². The van der Waals surface area contributed by atoms with Crippen LogP contribution in [0.25, 0.3) is 11.0 Å². The first-order valence-electron chi connectivity index (χ1n) is 8.40. The third-order valence-electron chi connectivity index (χ3n) is 4.28. The van der Waals surface area contributed by atoms with Crippen LogP contribution in [0.4, 0.5) is 0 Å². The average molecular weight is 324 g/mol. The second-order valence-electron chi connectivity index (χ2n) is 6.16. The number of allylic oxidation sites excluding steroid dienone is 2. The Bertz CT molecular complexity index is 765. The SMILES string of the molecule is C=C(/N=C(\C=C/C)n1nnc2ccccc21)NC1CCC(N)CC1. The molecule has 3 N–H and O–H groups in total. The number of para-hydroxylation sites is 1. The minimum atomic E-state index is 0.333. The number of hydrogen-bond donors (Lipinski definition) is 2. The van der Waals surface area contributed by atoms with Crippen LogP contribution < -0.4 is 11.1 Å². The van der Waals surface area contributed by atoms with Crippen molar-refractivity contribution in [3.8, 4) is 0 Å². The largest absolute Gasteiger partial charge is 0.368 e. The third kappa shape index (κ3) is 3.71. The number of aliphatic imine (C=N–C) groups is 1. The van der Waals surface area contributed by atoms with Crippen molar-refractivity contribution in [2.75, 3.05) is 0 Å². The van der Waals surface area contributed by atoms with Crippen LogP contribution in [0.15, 0.2) is 53.8 Å². The lowest BCUT2D eigenvalue weighted by Gasteiger charge is -2.27. The molecule has 1 aromatic carbocycles. The van der Waals surface area contributed by atoms with E-state index in [0.29, 0.717) is 23.7 Å². The topological polar surface area (TPSA) is 81.1 Å². The zero-order valence-corrected chi connectivity index (χ0v) is 14.0. The molecule has 126 valence electrons. The van der Waals surface area contributed by atoms with Gasteiger partial charge >= 0.3 is 0 Å². The van der Waals surface area contributed by atoms with Gasteiger partial charge in [0.15, 0.2) is 5.84 Å². The van der Waals surface area contributed by atoms with Crippen LogP contribution in [0.3, 0.4) is 0 Å². The van der Waals surface area contributed by atoms with E-state index >= 15 is 0 Å². The Balaban J connectivity index is 1.80. The highest BCUT2D eigenvalue weighted by molar-refractivity contribution is 5.99. The molecule has 2 aromatic rings. The van der Waals surface area contributed by atoms with Gasteiger partial charge in [-0.2, -0.15) is 4.68 Å². The fraction of sp³-hybridized carbons (Fsp3) is 0.389. The molecule has 1 aromatic heterocycles. The minimum Gasteiger partial charge on any atom is -0.368 e. The molecule has 1 fully saturated rings. The summed E-state index contributed by atoms with van der Waals surface area (Å²) < 4.78 is 1.74. The van der Waals surface area contributed by atoms with Crippen LogP contribution in [-0.2, 0) is 0 Å². The number of nitrogens with two attached hydrogens (primary N) is 1. The van der Waals surface area contributed by atoms with Crippen LogP contribution in [0, 0.1) is 0 Å². The minimum absolute atomic E-state index is 0.333. The zero-order chi connectivity index (χ0) is 16.9. The summed E-state index contributed by atoms with van der Waals surface area (Å²) in [4.78, 5) is 4.63. The Labute approximate surface area is 142 Å². The molecule has 24 heavy (non-hydrogen) atoms. The smallest absolute Gasteiger partial charge is 0.157 e. The summed E-state index contributed by atoms with van der Waals surface area (Å²) >= 11 is 0. The van der Waals surface area contributed by atoms with Crippen molar-refractivity contribution in [1.82, 2.24) is 20.3 Å². The van der Waals surface area contributed by atoms with Crippen LogP contribution >= 0.6 is 0 Å². The number of fused-ring (bicyclic) bond motifs is 1. The summed E-state index contributed by atoms with van der Waals surface area (Å²) in [6, 6.07) is 8.55. The molecule has 0 saturated heterocycles. The monoisotopic (exact) mass is 324 g/mol. The Morgan fingerprint density at radius 3 is 2.83 bits per heavy atom. The van der Waals surface area contributed by atoms with Crippen molar-refractivity contribution in [2.24, 2.45) is 10.7 Å². The van der Waals surface area contributed by atoms with E-state index in [1.165, 1.54) is 0 Å². The van der Waals surface area contributed by atoms with Gasteiger partial charge < -0.3 is 11.1 Å². The first-order valence-corrected chi connectivity index (χ1v) is 8.40. The number of aromatic nitrogens is 3. The lowest BCUT2D eigenvalue weighted by Crippen LogP contribution is -2.36. The maximum absolute atomic E-state index is 5.96. The molecule has 1 heterocycles. The molecule has 0 bridgehead atoms. The van der Waals surface area contributed by atoms with Gasteiger partial charge in [-0.3, -0.25) is 0 Å². The van der Waals surface area contributed by atoms with Gasteiger partial charge in [-0.15, -0.1) is 5.10 Å². The van der Waals surface area contributed by atoms with Crippen molar-refractivity contribution in [3.63, 3.8) is 0 Å². The van der Waals surface area contributed by atoms with Gasteiger partial charge in [0, 0.05) is 12.1 Å². The zero-order valence-electron chi connectivity index (χ0n) is 14.0. The molecule has 6 heteroatoms. The molecule has 0 radical (unpaired) electrons. The quantitative estimate of drug-likeness (QED) is 0.669. The van der Waals surface area contributed by atoms with Crippen LogP contribution in [0.1, 0.15) is 32.6 Å². The Hall–Kier alpha value is -2.47. The lowest BCUT2D eigenvalue weighted by atomic mass is 9.92. The van der Waals surface area contributed by atoms with Gasteiger partial charge in [0.1, 0.15) is 11.3 Å². The molecule has 6 nitrogen and oxygen atoms in total. The van der Waals surface area contributed by atoms with E-state index in [9.17, 15) is 0 Å². The molecule has 0 aliphatic heterocycles. The molecule has 1 saturated carbocycles. The number of benzene rings is 1. The van der Waals surface area contributed by atoms with E-state index in [1.54, 1.807) is 4.68 Å². The summed E-state index contributed by atoms with van der Waals surface area (Å²) in [5, 5.41) is 11.8. The molecule has 0 amide bonds. The van der Waals surface area contributed by atoms with Crippen LogP contribution in [0.2, 0.25) is 0 Å². The predicted octanol–water partition coefficient (Wildman–Crippen LogP) is 2.58. The molecule has 1 aliphatic rings. The highest BCUT2D eigenvalue weighted by Crippen LogP contribution is 2.18. The number of nitrogens with zero attached hydrogens (tertiary/aromatic N) is 4. The van der Waals surface area contributed by atoms with Gasteiger partial charge in [-0.25, -0.2) is 4.99 Å². The molecular weight excluding hydrogens is 300 g/mol. The molecule has 0 unspecified atom stereocenters. The summed E-state index contributed by atoms with van der Waals surface area (Å²) in [7, 11) is 0. The number of rotatable bonds is 4. The molecule has 1 aliphatic carbocycles. The van der Waals surface area contributed by atoms with Crippen molar-refractivity contribution in [3.05, 3.63) is 48.8 Å². The Morgan fingerprint density at radius 1 is 1.33 bits per heavy atom. The van der Waals surface area contributed by atoms with Crippen molar-refractivity contribution in [1.29, 1.82) is 0 Å². The third-order valence-corrected chi connectivity index (χ3v) is 4.28. The summed E-state index contributed by atoms with van der Waals surface area (Å²) in [5.74, 6) is 1.33. The second kappa shape index (κ2) is 7.40. The highest BCUT2D eigenvalue weighted by Gasteiger charge is 2.18. The summed E-state index contributed by atoms with van der Waals surface area (Å²) in [6.45, 7) is 6.01. The number of nitrogens with one attached hydrogen (secondary N) is 1. The fourth-order valence-corrected chi connectivity index (χ4v) is 3.01.